The highest BCUT2D eigenvalue weighted by molar-refractivity contribution is 6.50. The average Bonchev–Trinajstić information content (AvgIpc) is 2.48. The van der Waals surface area contributed by atoms with Gasteiger partial charge in [-0.1, -0.05) is 35.9 Å². The van der Waals surface area contributed by atoms with Gasteiger partial charge in [-0.05, 0) is 42.3 Å². The number of aromatic nitrogens is 2. The molecule has 22 heavy (non-hydrogen) atoms. The van der Waals surface area contributed by atoms with E-state index in [4.69, 9.17) is 11.6 Å². The van der Waals surface area contributed by atoms with Crippen molar-refractivity contribution in [3.8, 4) is 0 Å². The van der Waals surface area contributed by atoms with E-state index in [2.05, 4.69) is 9.97 Å². The van der Waals surface area contributed by atoms with Crippen molar-refractivity contribution in [3.63, 3.8) is 0 Å². The summed E-state index contributed by atoms with van der Waals surface area (Å²) in [5.74, 6) is -0.0910. The van der Waals surface area contributed by atoms with Gasteiger partial charge in [0.05, 0.1) is 15.9 Å². The first kappa shape index (κ1) is 14.5. The van der Waals surface area contributed by atoms with Crippen LogP contribution >= 0.6 is 11.6 Å². The molecule has 0 aliphatic carbocycles. The Balaban J connectivity index is 2.14. The van der Waals surface area contributed by atoms with Gasteiger partial charge < -0.3 is 4.98 Å². The van der Waals surface area contributed by atoms with Crippen molar-refractivity contribution < 1.29 is 4.39 Å². The molecule has 5 heteroatoms. The monoisotopic (exact) mass is 314 g/mol. The van der Waals surface area contributed by atoms with Gasteiger partial charge in [-0.2, -0.15) is 0 Å². The van der Waals surface area contributed by atoms with Crippen LogP contribution < -0.4 is 5.56 Å². The molecule has 0 amide bonds. The fourth-order valence-corrected chi connectivity index (χ4v) is 2.44. The first-order chi connectivity index (χ1) is 10.5. The zero-order valence-corrected chi connectivity index (χ0v) is 12.5. The molecule has 0 aliphatic rings. The van der Waals surface area contributed by atoms with Crippen LogP contribution in [0.15, 0.2) is 47.3 Å². The summed E-state index contributed by atoms with van der Waals surface area (Å²) in [5, 5.41) is 0.756. The van der Waals surface area contributed by atoms with Crippen LogP contribution in [-0.2, 0) is 0 Å². The van der Waals surface area contributed by atoms with Gasteiger partial charge in [-0.3, -0.25) is 4.79 Å². The molecule has 0 radical (unpaired) electrons. The molecule has 0 saturated heterocycles. The zero-order chi connectivity index (χ0) is 15.7. The van der Waals surface area contributed by atoms with Crippen LogP contribution in [0.25, 0.3) is 22.0 Å². The second kappa shape index (κ2) is 5.73. The summed E-state index contributed by atoms with van der Waals surface area (Å²) in [6.45, 7) is 1.88. The molecule has 1 aromatic heterocycles. The Morgan fingerprint density at radius 3 is 2.82 bits per heavy atom. The molecule has 0 saturated carbocycles. The van der Waals surface area contributed by atoms with Crippen LogP contribution in [0, 0.1) is 12.7 Å². The van der Waals surface area contributed by atoms with Crippen LogP contribution in [0.3, 0.4) is 0 Å². The SMILES string of the molecule is Cc1cccc2c(=O)[nH]c(/C(Cl)=C/c3cccc(F)c3)nc12. The average molecular weight is 315 g/mol. The predicted molar refractivity (Wildman–Crippen MR) is 87.2 cm³/mol. The highest BCUT2D eigenvalue weighted by atomic mass is 35.5. The lowest BCUT2D eigenvalue weighted by Crippen LogP contribution is -2.11. The third kappa shape index (κ3) is 2.78. The van der Waals surface area contributed by atoms with E-state index in [1.165, 1.54) is 12.1 Å². The molecule has 0 bridgehead atoms. The molecule has 0 atom stereocenters. The number of fused-ring (bicyclic) bond motifs is 1. The molecule has 110 valence electrons. The molecular weight excluding hydrogens is 303 g/mol. The topological polar surface area (TPSA) is 45.8 Å². The Labute approximate surface area is 131 Å². The summed E-state index contributed by atoms with van der Waals surface area (Å²) < 4.78 is 13.2. The summed E-state index contributed by atoms with van der Waals surface area (Å²) >= 11 is 6.22. The summed E-state index contributed by atoms with van der Waals surface area (Å²) in [5.41, 5.74) is 1.83. The number of nitrogens with zero attached hydrogens (tertiary/aromatic N) is 1. The Morgan fingerprint density at radius 2 is 2.05 bits per heavy atom. The summed E-state index contributed by atoms with van der Waals surface area (Å²) in [6.07, 6.45) is 1.56. The quantitative estimate of drug-likeness (QED) is 0.773. The maximum Gasteiger partial charge on any atom is 0.259 e. The number of nitrogens with one attached hydrogen (secondary N) is 1. The zero-order valence-electron chi connectivity index (χ0n) is 11.7. The van der Waals surface area contributed by atoms with Gasteiger partial charge in [-0.15, -0.1) is 0 Å². The van der Waals surface area contributed by atoms with Gasteiger partial charge in [0.1, 0.15) is 5.82 Å². The molecule has 3 aromatic rings. The standard InChI is InChI=1S/C17H12ClFN2O/c1-10-4-2-7-13-15(10)20-16(21-17(13)22)14(18)9-11-5-3-6-12(19)8-11/h2-9H,1H3,(H,20,21,22)/b14-9-. The first-order valence-electron chi connectivity index (χ1n) is 6.67. The molecule has 0 aliphatic heterocycles. The molecular formula is C17H12ClFN2O. The van der Waals surface area contributed by atoms with E-state index in [-0.39, 0.29) is 22.2 Å². The minimum absolute atomic E-state index is 0.243. The predicted octanol–water partition coefficient (Wildman–Crippen LogP) is 4.11. The van der Waals surface area contributed by atoms with Crippen molar-refractivity contribution in [2.75, 3.05) is 0 Å². The second-order valence-electron chi connectivity index (χ2n) is 4.93. The molecule has 0 unspecified atom stereocenters. The summed E-state index contributed by atoms with van der Waals surface area (Å²) in [4.78, 5) is 19.2. The number of para-hydroxylation sites is 1. The van der Waals surface area contributed by atoms with Crippen molar-refractivity contribution in [1.82, 2.24) is 9.97 Å². The third-order valence-corrected chi connectivity index (χ3v) is 3.59. The molecule has 1 heterocycles. The third-order valence-electron chi connectivity index (χ3n) is 3.31. The van der Waals surface area contributed by atoms with Crippen LogP contribution in [-0.4, -0.2) is 9.97 Å². The Kier molecular flexibility index (Phi) is 3.77. The van der Waals surface area contributed by atoms with E-state index in [0.29, 0.717) is 16.5 Å². The lowest BCUT2D eigenvalue weighted by Gasteiger charge is -2.04. The molecule has 3 nitrogen and oxygen atoms in total. The fraction of sp³-hybridized carbons (Fsp3) is 0.0588. The Morgan fingerprint density at radius 1 is 1.27 bits per heavy atom. The molecule has 2 aromatic carbocycles. The number of halogens is 2. The minimum Gasteiger partial charge on any atom is -0.305 e. The van der Waals surface area contributed by atoms with Gasteiger partial charge in [0, 0.05) is 0 Å². The van der Waals surface area contributed by atoms with Gasteiger partial charge in [0.25, 0.3) is 5.56 Å². The van der Waals surface area contributed by atoms with Crippen molar-refractivity contribution in [2.24, 2.45) is 0 Å². The molecule has 0 spiro atoms. The molecule has 1 N–H and O–H groups in total. The molecule has 0 fully saturated rings. The maximum atomic E-state index is 13.2. The normalized spacial score (nSPS) is 11.9. The summed E-state index contributed by atoms with van der Waals surface area (Å²) in [6, 6.07) is 11.4. The van der Waals surface area contributed by atoms with Crippen LogP contribution in [0.5, 0.6) is 0 Å². The Hall–Kier alpha value is -2.46. The van der Waals surface area contributed by atoms with Crippen molar-refractivity contribution in [3.05, 3.63) is 75.6 Å². The number of rotatable bonds is 2. The van der Waals surface area contributed by atoms with E-state index in [9.17, 15) is 9.18 Å². The van der Waals surface area contributed by atoms with Crippen LogP contribution in [0.4, 0.5) is 4.39 Å². The van der Waals surface area contributed by atoms with E-state index in [1.807, 2.05) is 13.0 Å². The summed E-state index contributed by atoms with van der Waals surface area (Å²) in [7, 11) is 0. The van der Waals surface area contributed by atoms with E-state index < -0.39 is 0 Å². The highest BCUT2D eigenvalue weighted by Crippen LogP contribution is 2.21. The maximum absolute atomic E-state index is 13.2. The highest BCUT2D eigenvalue weighted by Gasteiger charge is 2.08. The number of H-pyrrole nitrogens is 1. The van der Waals surface area contributed by atoms with E-state index in [0.717, 1.165) is 5.56 Å². The fourth-order valence-electron chi connectivity index (χ4n) is 2.23. The number of aromatic amines is 1. The first-order valence-corrected chi connectivity index (χ1v) is 7.05. The lowest BCUT2D eigenvalue weighted by molar-refractivity contribution is 0.627. The van der Waals surface area contributed by atoms with Crippen molar-refractivity contribution in [1.29, 1.82) is 0 Å². The van der Waals surface area contributed by atoms with Crippen molar-refractivity contribution in [2.45, 2.75) is 6.92 Å². The number of hydrogen-bond donors (Lipinski definition) is 1. The van der Waals surface area contributed by atoms with Gasteiger partial charge in [-0.25, -0.2) is 9.37 Å². The van der Waals surface area contributed by atoms with Crippen LogP contribution in [0.1, 0.15) is 17.0 Å². The van der Waals surface area contributed by atoms with Crippen LogP contribution in [0.2, 0.25) is 0 Å². The molecule has 3 rings (SSSR count). The van der Waals surface area contributed by atoms with Gasteiger partial charge in [0.2, 0.25) is 0 Å². The number of aryl methyl sites for hydroxylation is 1. The number of benzene rings is 2. The smallest absolute Gasteiger partial charge is 0.259 e. The van der Waals surface area contributed by atoms with E-state index >= 15 is 0 Å². The van der Waals surface area contributed by atoms with Gasteiger partial charge >= 0.3 is 0 Å². The minimum atomic E-state index is -0.353. The second-order valence-corrected chi connectivity index (χ2v) is 5.34. The van der Waals surface area contributed by atoms with Gasteiger partial charge in [0.15, 0.2) is 5.82 Å². The van der Waals surface area contributed by atoms with Crippen molar-refractivity contribution >= 4 is 33.6 Å². The largest absolute Gasteiger partial charge is 0.305 e. The van der Waals surface area contributed by atoms with E-state index in [1.54, 1.807) is 30.3 Å². The Bertz CT molecular complexity index is 947. The lowest BCUT2D eigenvalue weighted by atomic mass is 10.1. The number of hydrogen-bond acceptors (Lipinski definition) is 2.